The zero-order chi connectivity index (χ0) is 18.7. The van der Waals surface area contributed by atoms with Gasteiger partial charge in [-0.3, -0.25) is 0 Å². The summed E-state index contributed by atoms with van der Waals surface area (Å²) >= 11 is 1.24. The van der Waals surface area contributed by atoms with Crippen molar-refractivity contribution in [2.45, 2.75) is 11.4 Å². The Hall–Kier alpha value is -2.23. The number of aromatic nitrogens is 1. The molecule has 26 heavy (non-hydrogen) atoms. The Morgan fingerprint density at radius 1 is 1.15 bits per heavy atom. The molecule has 0 fully saturated rings. The van der Waals surface area contributed by atoms with E-state index >= 15 is 0 Å². The molecule has 0 saturated carbocycles. The zero-order valence-electron chi connectivity index (χ0n) is 14.2. The Morgan fingerprint density at radius 3 is 2.54 bits per heavy atom. The van der Waals surface area contributed by atoms with Crippen LogP contribution < -0.4 is 9.54 Å². The third-order valence-corrected chi connectivity index (χ3v) is 6.16. The molecule has 3 aromatic rings. The van der Waals surface area contributed by atoms with Gasteiger partial charge in [-0.2, -0.15) is 8.42 Å². The van der Waals surface area contributed by atoms with Crippen LogP contribution in [0.25, 0.3) is 10.2 Å². The van der Waals surface area contributed by atoms with Crippen molar-refractivity contribution in [1.82, 2.24) is 4.57 Å². The van der Waals surface area contributed by atoms with E-state index in [1.165, 1.54) is 23.5 Å². The summed E-state index contributed by atoms with van der Waals surface area (Å²) in [6.45, 7) is 0.849. The van der Waals surface area contributed by atoms with Crippen molar-refractivity contribution in [3.63, 3.8) is 0 Å². The summed E-state index contributed by atoms with van der Waals surface area (Å²) in [6, 6.07) is 10.1. The maximum atomic E-state index is 13.1. The number of hydrogen-bond donors (Lipinski definition) is 0. The van der Waals surface area contributed by atoms with Gasteiger partial charge in [-0.05, 0) is 42.5 Å². The van der Waals surface area contributed by atoms with Gasteiger partial charge in [0.05, 0.1) is 28.8 Å². The van der Waals surface area contributed by atoms with Gasteiger partial charge in [-0.1, -0.05) is 11.3 Å². The van der Waals surface area contributed by atoms with Gasteiger partial charge in [0.2, 0.25) is 4.80 Å². The molecule has 3 rings (SSSR count). The van der Waals surface area contributed by atoms with Crippen molar-refractivity contribution in [2.24, 2.45) is 4.40 Å². The molecule has 0 spiro atoms. The highest BCUT2D eigenvalue weighted by Gasteiger charge is 2.15. The van der Waals surface area contributed by atoms with Crippen molar-refractivity contribution in [2.75, 3.05) is 20.8 Å². The quantitative estimate of drug-likeness (QED) is 0.642. The van der Waals surface area contributed by atoms with Gasteiger partial charge in [0.1, 0.15) is 11.6 Å². The minimum Gasteiger partial charge on any atom is -0.497 e. The van der Waals surface area contributed by atoms with Crippen LogP contribution in [-0.4, -0.2) is 33.8 Å². The van der Waals surface area contributed by atoms with Crippen molar-refractivity contribution in [3.8, 4) is 5.75 Å². The molecular weight excluding hydrogens is 379 g/mol. The fourth-order valence-electron chi connectivity index (χ4n) is 2.41. The second-order valence-corrected chi connectivity index (χ2v) is 8.00. The number of nitrogens with zero attached hydrogens (tertiary/aromatic N) is 2. The Bertz CT molecular complexity index is 1090. The second-order valence-electron chi connectivity index (χ2n) is 5.38. The molecule has 138 valence electrons. The monoisotopic (exact) mass is 396 g/mol. The Kier molecular flexibility index (Phi) is 5.40. The molecule has 9 heteroatoms. The van der Waals surface area contributed by atoms with E-state index in [-0.39, 0.29) is 4.90 Å². The first-order chi connectivity index (χ1) is 12.4. The Labute approximate surface area is 154 Å². The number of halogens is 1. The first-order valence-corrected chi connectivity index (χ1v) is 9.93. The third kappa shape index (κ3) is 3.79. The lowest BCUT2D eigenvalue weighted by Gasteiger charge is -2.05. The van der Waals surface area contributed by atoms with Crippen molar-refractivity contribution in [1.29, 1.82) is 0 Å². The normalized spacial score (nSPS) is 12.7. The van der Waals surface area contributed by atoms with E-state index in [4.69, 9.17) is 9.47 Å². The number of thiazole rings is 1. The number of hydrogen-bond acceptors (Lipinski definition) is 5. The van der Waals surface area contributed by atoms with Crippen LogP contribution in [0.5, 0.6) is 5.75 Å². The van der Waals surface area contributed by atoms with Gasteiger partial charge in [0.15, 0.2) is 0 Å². The predicted molar refractivity (Wildman–Crippen MR) is 97.4 cm³/mol. The van der Waals surface area contributed by atoms with E-state index in [1.807, 2.05) is 12.1 Å². The lowest BCUT2D eigenvalue weighted by molar-refractivity contribution is 0.187. The Morgan fingerprint density at radius 2 is 1.88 bits per heavy atom. The number of sulfonamides is 1. The summed E-state index contributed by atoms with van der Waals surface area (Å²) in [5, 5.41) is 0. The first kappa shape index (κ1) is 18.6. The topological polar surface area (TPSA) is 69.9 Å². The first-order valence-electron chi connectivity index (χ1n) is 7.67. The highest BCUT2D eigenvalue weighted by atomic mass is 32.2. The summed E-state index contributed by atoms with van der Waals surface area (Å²) in [5.41, 5.74) is 0.834. The van der Waals surface area contributed by atoms with E-state index in [9.17, 15) is 12.8 Å². The molecule has 0 aliphatic rings. The van der Waals surface area contributed by atoms with Gasteiger partial charge in [0, 0.05) is 13.7 Å². The van der Waals surface area contributed by atoms with E-state index < -0.39 is 15.8 Å². The zero-order valence-corrected chi connectivity index (χ0v) is 15.8. The maximum Gasteiger partial charge on any atom is 0.285 e. The summed E-state index contributed by atoms with van der Waals surface area (Å²) in [7, 11) is -0.824. The summed E-state index contributed by atoms with van der Waals surface area (Å²) < 4.78 is 55.2. The van der Waals surface area contributed by atoms with Gasteiger partial charge in [-0.25, -0.2) is 4.39 Å². The van der Waals surface area contributed by atoms with Crippen LogP contribution in [0.3, 0.4) is 0 Å². The van der Waals surface area contributed by atoms with Gasteiger partial charge < -0.3 is 14.0 Å². The molecule has 0 N–H and O–H groups in total. The average molecular weight is 396 g/mol. The number of methoxy groups -OCH3 is 2. The van der Waals surface area contributed by atoms with Crippen LogP contribution in [0.1, 0.15) is 0 Å². The van der Waals surface area contributed by atoms with E-state index in [0.29, 0.717) is 23.7 Å². The fourth-order valence-corrected chi connectivity index (χ4v) is 4.70. The van der Waals surface area contributed by atoms with Crippen molar-refractivity contribution < 1.29 is 22.3 Å². The summed E-state index contributed by atoms with van der Waals surface area (Å²) in [5.74, 6) is 0.165. The lowest BCUT2D eigenvalue weighted by atomic mass is 10.3. The number of rotatable bonds is 6. The van der Waals surface area contributed by atoms with Crippen LogP contribution >= 0.6 is 11.3 Å². The number of benzene rings is 2. The highest BCUT2D eigenvalue weighted by Crippen LogP contribution is 2.23. The van der Waals surface area contributed by atoms with E-state index in [2.05, 4.69) is 4.40 Å². The molecule has 0 aliphatic heterocycles. The Balaban J connectivity index is 2.18. The van der Waals surface area contributed by atoms with Crippen molar-refractivity contribution in [3.05, 3.63) is 53.1 Å². The second kappa shape index (κ2) is 7.56. The molecule has 0 radical (unpaired) electrons. The van der Waals surface area contributed by atoms with Gasteiger partial charge in [-0.15, -0.1) is 4.40 Å². The average Bonchev–Trinajstić information content (AvgIpc) is 2.95. The molecule has 1 heterocycles. The third-order valence-electron chi connectivity index (χ3n) is 3.72. The lowest BCUT2D eigenvalue weighted by Crippen LogP contribution is -2.19. The highest BCUT2D eigenvalue weighted by molar-refractivity contribution is 7.90. The largest absolute Gasteiger partial charge is 0.497 e. The number of fused-ring (bicyclic) bond motifs is 1. The summed E-state index contributed by atoms with van der Waals surface area (Å²) in [4.78, 5) is 0.252. The molecule has 0 bridgehead atoms. The van der Waals surface area contributed by atoms with E-state index in [0.717, 1.165) is 22.3 Å². The minimum atomic E-state index is -3.97. The molecule has 0 atom stereocenters. The van der Waals surface area contributed by atoms with Gasteiger partial charge >= 0.3 is 0 Å². The summed E-state index contributed by atoms with van der Waals surface area (Å²) in [6.07, 6.45) is 0. The molecule has 0 unspecified atom stereocenters. The predicted octanol–water partition coefficient (Wildman–Crippen LogP) is 2.79. The molecule has 2 aromatic carbocycles. The smallest absolute Gasteiger partial charge is 0.285 e. The van der Waals surface area contributed by atoms with Crippen LogP contribution in [-0.2, 0) is 21.3 Å². The molecule has 6 nitrogen and oxygen atoms in total. The van der Waals surface area contributed by atoms with Crippen molar-refractivity contribution >= 4 is 31.6 Å². The van der Waals surface area contributed by atoms with E-state index in [1.54, 1.807) is 24.9 Å². The van der Waals surface area contributed by atoms with Crippen LogP contribution in [0.4, 0.5) is 4.39 Å². The molecular formula is C17H17FN2O4S2. The van der Waals surface area contributed by atoms with Crippen LogP contribution in [0, 0.1) is 5.82 Å². The molecule has 1 aromatic heterocycles. The maximum absolute atomic E-state index is 13.1. The molecule has 0 saturated heterocycles. The minimum absolute atomic E-state index is 0.0628. The van der Waals surface area contributed by atoms with Crippen LogP contribution in [0.2, 0.25) is 0 Å². The van der Waals surface area contributed by atoms with Gasteiger partial charge in [0.25, 0.3) is 10.0 Å². The van der Waals surface area contributed by atoms with Crippen LogP contribution in [0.15, 0.2) is 51.8 Å². The number of ether oxygens (including phenoxy) is 2. The molecule has 0 amide bonds. The SMILES string of the molecule is COCCn1/c(=N/S(=O)(=O)c2ccc(F)cc2)sc2cc(OC)ccc21. The fraction of sp³-hybridized carbons (Fsp3) is 0.235. The molecule has 0 aliphatic carbocycles. The standard InChI is InChI=1S/C17H17FN2O4S2/c1-23-10-9-20-15-8-5-13(24-2)11-16(15)25-17(20)19-26(21,22)14-6-3-12(18)4-7-14/h3-8,11H,9-10H2,1-2H3/b19-17-.